The third-order valence-corrected chi connectivity index (χ3v) is 4.10. The topological polar surface area (TPSA) is 65.2 Å². The molecule has 1 aliphatic heterocycles. The van der Waals surface area contributed by atoms with Crippen LogP contribution in [-0.4, -0.2) is 41.5 Å². The number of pyridine rings is 1. The van der Waals surface area contributed by atoms with Crippen molar-refractivity contribution >= 4 is 5.91 Å². The minimum Gasteiger partial charge on any atom is -0.354 e. The Hall–Kier alpha value is -1.62. The third kappa shape index (κ3) is 4.43. The fourth-order valence-corrected chi connectivity index (χ4v) is 2.93. The standard InChI is InChI=1S/C16H25N3O2/c1-3-13(19-7-5-4-6-8-19)11-17-16(21)15-10-14(20)9-12(2)18-15/h9-10,13H,3-8,11H2,1-2H3,(H,17,21)(H,18,20)/t13-/m0/s1. The molecule has 21 heavy (non-hydrogen) atoms. The lowest BCUT2D eigenvalue weighted by molar-refractivity contribution is 0.0917. The van der Waals surface area contributed by atoms with E-state index in [1.165, 1.54) is 31.4 Å². The number of rotatable bonds is 5. The number of piperidine rings is 1. The lowest BCUT2D eigenvalue weighted by Gasteiger charge is -2.34. The van der Waals surface area contributed by atoms with Crippen molar-refractivity contribution in [3.8, 4) is 0 Å². The zero-order chi connectivity index (χ0) is 15.2. The van der Waals surface area contributed by atoms with Gasteiger partial charge in [0.15, 0.2) is 5.43 Å². The molecule has 1 fully saturated rings. The monoisotopic (exact) mass is 291 g/mol. The van der Waals surface area contributed by atoms with Crippen LogP contribution in [0.15, 0.2) is 16.9 Å². The molecule has 1 aromatic heterocycles. The second kappa shape index (κ2) is 7.41. The highest BCUT2D eigenvalue weighted by Crippen LogP contribution is 2.13. The number of aryl methyl sites for hydroxylation is 1. The van der Waals surface area contributed by atoms with Crippen molar-refractivity contribution < 1.29 is 4.79 Å². The van der Waals surface area contributed by atoms with E-state index in [0.717, 1.165) is 19.5 Å². The first-order valence-electron chi connectivity index (χ1n) is 7.83. The molecule has 5 heteroatoms. The number of carbonyl (C=O) groups is 1. The summed E-state index contributed by atoms with van der Waals surface area (Å²) in [7, 11) is 0. The lowest BCUT2D eigenvalue weighted by Crippen LogP contribution is -2.46. The van der Waals surface area contributed by atoms with Gasteiger partial charge in [-0.25, -0.2) is 0 Å². The minimum atomic E-state index is -0.203. The van der Waals surface area contributed by atoms with E-state index in [1.807, 2.05) is 0 Å². The van der Waals surface area contributed by atoms with Crippen molar-refractivity contribution in [1.29, 1.82) is 0 Å². The second-order valence-corrected chi connectivity index (χ2v) is 5.78. The molecule has 0 spiro atoms. The maximum Gasteiger partial charge on any atom is 0.267 e. The van der Waals surface area contributed by atoms with E-state index in [-0.39, 0.29) is 11.3 Å². The summed E-state index contributed by atoms with van der Waals surface area (Å²) >= 11 is 0. The highest BCUT2D eigenvalue weighted by Gasteiger charge is 2.20. The molecule has 2 rings (SSSR count). The number of H-pyrrole nitrogens is 1. The van der Waals surface area contributed by atoms with Crippen molar-refractivity contribution in [3.63, 3.8) is 0 Å². The summed E-state index contributed by atoms with van der Waals surface area (Å²) in [6.07, 6.45) is 4.82. The Morgan fingerprint density at radius 3 is 2.67 bits per heavy atom. The van der Waals surface area contributed by atoms with Crippen LogP contribution in [0.1, 0.15) is 48.8 Å². The van der Waals surface area contributed by atoms with Gasteiger partial charge in [-0.05, 0) is 39.3 Å². The number of likely N-dealkylation sites (tertiary alicyclic amines) is 1. The predicted octanol–water partition coefficient (Wildman–Crippen LogP) is 1.68. The third-order valence-electron chi connectivity index (χ3n) is 4.10. The molecule has 2 heterocycles. The van der Waals surface area contributed by atoms with E-state index in [1.54, 1.807) is 6.92 Å². The van der Waals surface area contributed by atoms with Crippen LogP contribution in [0.5, 0.6) is 0 Å². The highest BCUT2D eigenvalue weighted by atomic mass is 16.2. The molecule has 0 bridgehead atoms. The van der Waals surface area contributed by atoms with Crippen LogP contribution in [0.25, 0.3) is 0 Å². The average molecular weight is 291 g/mol. The fourth-order valence-electron chi connectivity index (χ4n) is 2.93. The first-order valence-corrected chi connectivity index (χ1v) is 7.83. The normalized spacial score (nSPS) is 17.4. The summed E-state index contributed by atoms with van der Waals surface area (Å²) in [5.74, 6) is -0.203. The number of aromatic amines is 1. The summed E-state index contributed by atoms with van der Waals surface area (Å²) in [6, 6.07) is 3.22. The number of aromatic nitrogens is 1. The molecule has 0 aliphatic carbocycles. The van der Waals surface area contributed by atoms with Crippen LogP contribution in [0.2, 0.25) is 0 Å². The Labute approximate surface area is 125 Å². The largest absolute Gasteiger partial charge is 0.354 e. The Morgan fingerprint density at radius 2 is 2.05 bits per heavy atom. The zero-order valence-corrected chi connectivity index (χ0v) is 12.9. The zero-order valence-electron chi connectivity index (χ0n) is 12.9. The van der Waals surface area contributed by atoms with Gasteiger partial charge in [0, 0.05) is 30.4 Å². The number of hydrogen-bond donors (Lipinski definition) is 2. The quantitative estimate of drug-likeness (QED) is 0.867. The van der Waals surface area contributed by atoms with Gasteiger partial charge in [-0.15, -0.1) is 0 Å². The Kier molecular flexibility index (Phi) is 5.56. The van der Waals surface area contributed by atoms with Gasteiger partial charge in [0.1, 0.15) is 5.69 Å². The summed E-state index contributed by atoms with van der Waals surface area (Å²) < 4.78 is 0. The maximum absolute atomic E-state index is 12.2. The van der Waals surface area contributed by atoms with Crippen LogP contribution < -0.4 is 10.7 Å². The molecule has 2 N–H and O–H groups in total. The van der Waals surface area contributed by atoms with Crippen LogP contribution >= 0.6 is 0 Å². The first kappa shape index (κ1) is 15.8. The first-order chi connectivity index (χ1) is 10.1. The molecule has 1 atom stereocenters. The van der Waals surface area contributed by atoms with E-state index in [9.17, 15) is 9.59 Å². The Morgan fingerprint density at radius 1 is 1.33 bits per heavy atom. The Balaban J connectivity index is 1.93. The molecule has 1 aromatic rings. The number of carbonyl (C=O) groups excluding carboxylic acids is 1. The van der Waals surface area contributed by atoms with E-state index < -0.39 is 0 Å². The van der Waals surface area contributed by atoms with Gasteiger partial charge in [-0.1, -0.05) is 13.3 Å². The highest BCUT2D eigenvalue weighted by molar-refractivity contribution is 5.92. The molecule has 0 unspecified atom stereocenters. The van der Waals surface area contributed by atoms with Crippen molar-refractivity contribution in [2.75, 3.05) is 19.6 Å². The van der Waals surface area contributed by atoms with E-state index in [4.69, 9.17) is 0 Å². The van der Waals surface area contributed by atoms with Gasteiger partial charge < -0.3 is 10.3 Å². The van der Waals surface area contributed by atoms with Crippen molar-refractivity contribution in [2.24, 2.45) is 0 Å². The molecule has 5 nitrogen and oxygen atoms in total. The van der Waals surface area contributed by atoms with E-state index >= 15 is 0 Å². The number of nitrogens with one attached hydrogen (secondary N) is 2. The molecular weight excluding hydrogens is 266 g/mol. The van der Waals surface area contributed by atoms with Crippen LogP contribution in [0.4, 0.5) is 0 Å². The smallest absolute Gasteiger partial charge is 0.267 e. The van der Waals surface area contributed by atoms with Crippen molar-refractivity contribution in [3.05, 3.63) is 33.7 Å². The molecule has 0 aromatic carbocycles. The SMILES string of the molecule is CC[C@@H](CNC(=O)c1cc(=O)cc(C)[nH]1)N1CCCCC1. The Bertz CT molecular complexity index is 533. The van der Waals surface area contributed by atoms with Crippen LogP contribution in [-0.2, 0) is 0 Å². The van der Waals surface area contributed by atoms with Crippen molar-refractivity contribution in [2.45, 2.75) is 45.6 Å². The molecule has 0 saturated carbocycles. The molecule has 1 aliphatic rings. The maximum atomic E-state index is 12.2. The number of hydrogen-bond acceptors (Lipinski definition) is 3. The van der Waals surface area contributed by atoms with Gasteiger partial charge in [0.2, 0.25) is 0 Å². The minimum absolute atomic E-state index is 0.139. The van der Waals surface area contributed by atoms with Gasteiger partial charge in [0.25, 0.3) is 5.91 Å². The summed E-state index contributed by atoms with van der Waals surface area (Å²) in [4.78, 5) is 29.0. The summed E-state index contributed by atoms with van der Waals surface area (Å²) in [5.41, 5.74) is 0.906. The molecule has 1 amide bonds. The van der Waals surface area contributed by atoms with Crippen LogP contribution in [0, 0.1) is 6.92 Å². The summed E-state index contributed by atoms with van der Waals surface area (Å²) in [5, 5.41) is 2.95. The number of amides is 1. The average Bonchev–Trinajstić information content (AvgIpc) is 2.47. The predicted molar refractivity (Wildman–Crippen MR) is 83.6 cm³/mol. The fraction of sp³-hybridized carbons (Fsp3) is 0.625. The molecular formula is C16H25N3O2. The van der Waals surface area contributed by atoms with Gasteiger partial charge in [0.05, 0.1) is 0 Å². The van der Waals surface area contributed by atoms with E-state index in [0.29, 0.717) is 24.0 Å². The number of nitrogens with zero attached hydrogens (tertiary/aromatic N) is 1. The lowest BCUT2D eigenvalue weighted by atomic mass is 10.1. The molecule has 1 saturated heterocycles. The molecule has 0 radical (unpaired) electrons. The van der Waals surface area contributed by atoms with E-state index in [2.05, 4.69) is 22.1 Å². The van der Waals surface area contributed by atoms with Crippen LogP contribution in [0.3, 0.4) is 0 Å². The van der Waals surface area contributed by atoms with Crippen molar-refractivity contribution in [1.82, 2.24) is 15.2 Å². The summed E-state index contributed by atoms with van der Waals surface area (Å²) in [6.45, 7) is 6.80. The van der Waals surface area contributed by atoms with Gasteiger partial charge in [-0.2, -0.15) is 0 Å². The van der Waals surface area contributed by atoms with Gasteiger partial charge >= 0.3 is 0 Å². The molecule has 116 valence electrons. The second-order valence-electron chi connectivity index (χ2n) is 5.78. The van der Waals surface area contributed by atoms with Gasteiger partial charge in [-0.3, -0.25) is 14.5 Å².